The Morgan fingerprint density at radius 2 is 0.655 bits per heavy atom. The second kappa shape index (κ2) is 12.9. The first-order chi connectivity index (χ1) is 28.6. The molecule has 0 nitrogen and oxygen atoms in total. The summed E-state index contributed by atoms with van der Waals surface area (Å²) >= 11 is 3.83. The maximum atomic E-state index is 3.83. The van der Waals surface area contributed by atoms with Crippen LogP contribution < -0.4 is 0 Å². The molecule has 0 aliphatic rings. The molecule has 0 aliphatic carbocycles. The molecule has 58 heavy (non-hydrogen) atoms. The van der Waals surface area contributed by atoms with Crippen LogP contribution in [0.1, 0.15) is 5.56 Å². The quantitative estimate of drug-likeness (QED) is 0.123. The fourth-order valence-electron chi connectivity index (χ4n) is 10.0. The van der Waals surface area contributed by atoms with E-state index in [1.165, 1.54) is 125 Å². The van der Waals surface area contributed by atoms with Crippen molar-refractivity contribution in [1.29, 1.82) is 0 Å². The van der Waals surface area contributed by atoms with Gasteiger partial charge < -0.3 is 0 Å². The van der Waals surface area contributed by atoms with Gasteiger partial charge in [0.05, 0.1) is 0 Å². The minimum atomic E-state index is 1.11. The monoisotopic (exact) mass is 798 g/mol. The summed E-state index contributed by atoms with van der Waals surface area (Å²) in [6.45, 7) is 2.21. The van der Waals surface area contributed by atoms with Crippen molar-refractivity contribution in [2.45, 2.75) is 6.92 Å². The molecule has 12 rings (SSSR count). The summed E-state index contributed by atoms with van der Waals surface area (Å²) in [7, 11) is 0. The van der Waals surface area contributed by atoms with E-state index in [0.29, 0.717) is 0 Å². The summed E-state index contributed by atoms with van der Waals surface area (Å²) < 4.78 is 1.11. The molecule has 0 aromatic heterocycles. The highest BCUT2D eigenvalue weighted by Crippen LogP contribution is 2.47. The first-order valence-electron chi connectivity index (χ1n) is 20.0. The Bertz CT molecular complexity index is 3460. The normalized spacial score (nSPS) is 12.0. The molecule has 12 aromatic rings. The third-order valence-electron chi connectivity index (χ3n) is 12.6. The van der Waals surface area contributed by atoms with E-state index >= 15 is 0 Å². The van der Waals surface area contributed by atoms with Crippen LogP contribution in [0.15, 0.2) is 199 Å². The summed E-state index contributed by atoms with van der Waals surface area (Å²) in [5.41, 5.74) is 8.91. The van der Waals surface area contributed by atoms with E-state index in [1.54, 1.807) is 0 Å². The molecule has 270 valence electrons. The van der Waals surface area contributed by atoms with Crippen molar-refractivity contribution in [1.82, 2.24) is 0 Å². The highest BCUT2D eigenvalue weighted by molar-refractivity contribution is 9.10. The highest BCUT2D eigenvalue weighted by atomic mass is 79.9. The van der Waals surface area contributed by atoms with Gasteiger partial charge in [0, 0.05) is 4.47 Å². The Kier molecular flexibility index (Phi) is 7.40. The summed E-state index contributed by atoms with van der Waals surface area (Å²) in [5, 5.41) is 20.3. The van der Waals surface area contributed by atoms with Crippen LogP contribution in [0.5, 0.6) is 0 Å². The Hall–Kier alpha value is -6.80. The molecule has 0 unspecified atom stereocenters. The van der Waals surface area contributed by atoms with Gasteiger partial charge in [0.25, 0.3) is 0 Å². The van der Waals surface area contributed by atoms with E-state index in [-0.39, 0.29) is 0 Å². The molecular weight excluding hydrogens is 765 g/mol. The first-order valence-corrected chi connectivity index (χ1v) is 20.8. The summed E-state index contributed by atoms with van der Waals surface area (Å²) in [5.74, 6) is 0. The Morgan fingerprint density at radius 1 is 0.259 bits per heavy atom. The highest BCUT2D eigenvalue weighted by Gasteiger charge is 2.19. The molecule has 12 aromatic carbocycles. The number of halogens is 1. The zero-order valence-electron chi connectivity index (χ0n) is 31.9. The van der Waals surface area contributed by atoms with Gasteiger partial charge in [0.15, 0.2) is 0 Å². The average molecular weight is 800 g/mol. The number of aryl methyl sites for hydroxylation is 1. The van der Waals surface area contributed by atoms with Crippen LogP contribution in [0.3, 0.4) is 0 Å². The van der Waals surface area contributed by atoms with Crippen molar-refractivity contribution in [3.05, 3.63) is 204 Å². The predicted molar refractivity (Wildman–Crippen MR) is 255 cm³/mol. The van der Waals surface area contributed by atoms with Crippen molar-refractivity contribution in [2.24, 2.45) is 0 Å². The molecular formula is C57H35Br. The molecule has 0 spiro atoms. The number of rotatable bonds is 3. The van der Waals surface area contributed by atoms with E-state index in [1.807, 2.05) is 0 Å². The minimum absolute atomic E-state index is 1.11. The van der Waals surface area contributed by atoms with Crippen LogP contribution >= 0.6 is 15.9 Å². The van der Waals surface area contributed by atoms with Gasteiger partial charge in [0.2, 0.25) is 0 Å². The summed E-state index contributed by atoms with van der Waals surface area (Å²) in [6.07, 6.45) is 0. The van der Waals surface area contributed by atoms with Gasteiger partial charge in [-0.1, -0.05) is 192 Å². The molecule has 0 saturated heterocycles. The van der Waals surface area contributed by atoms with Crippen molar-refractivity contribution in [2.75, 3.05) is 0 Å². The lowest BCUT2D eigenvalue weighted by Gasteiger charge is -2.19. The molecule has 0 atom stereocenters. The molecule has 0 N–H and O–H groups in total. The zero-order chi connectivity index (χ0) is 38.5. The smallest absolute Gasteiger partial charge is 0.0254 e. The summed E-state index contributed by atoms with van der Waals surface area (Å²) in [4.78, 5) is 0. The van der Waals surface area contributed by atoms with Crippen LogP contribution in [0.25, 0.3) is 120 Å². The lowest BCUT2D eigenvalue weighted by Crippen LogP contribution is -1.91. The van der Waals surface area contributed by atoms with Crippen LogP contribution in [-0.2, 0) is 0 Å². The van der Waals surface area contributed by atoms with Crippen molar-refractivity contribution >= 4 is 102 Å². The maximum Gasteiger partial charge on any atom is 0.0254 e. The average Bonchev–Trinajstić information content (AvgIpc) is 3.28. The third kappa shape index (κ3) is 4.87. The molecule has 1 heteroatoms. The van der Waals surface area contributed by atoms with Gasteiger partial charge >= 0.3 is 0 Å². The molecule has 0 aliphatic heterocycles. The van der Waals surface area contributed by atoms with E-state index < -0.39 is 0 Å². The lowest BCUT2D eigenvalue weighted by molar-refractivity contribution is 1.53. The molecule has 0 bridgehead atoms. The molecule has 0 amide bonds. The van der Waals surface area contributed by atoms with Crippen LogP contribution in [-0.4, -0.2) is 0 Å². The fourth-order valence-corrected chi connectivity index (χ4v) is 10.5. The van der Waals surface area contributed by atoms with E-state index in [2.05, 4.69) is 217 Å². The summed E-state index contributed by atoms with van der Waals surface area (Å²) in [6, 6.07) is 72.4. The van der Waals surface area contributed by atoms with Gasteiger partial charge in [-0.25, -0.2) is 0 Å². The fraction of sp³-hybridized carbons (Fsp3) is 0.0175. The number of hydrogen-bond acceptors (Lipinski definition) is 0. The Balaban J connectivity index is 1.12. The minimum Gasteiger partial charge on any atom is -0.0616 e. The van der Waals surface area contributed by atoms with Crippen molar-refractivity contribution < 1.29 is 0 Å². The van der Waals surface area contributed by atoms with Gasteiger partial charge in [-0.2, -0.15) is 0 Å². The Morgan fingerprint density at radius 3 is 1.21 bits per heavy atom. The van der Waals surface area contributed by atoms with Gasteiger partial charge in [-0.05, 0) is 150 Å². The molecule has 0 heterocycles. The van der Waals surface area contributed by atoms with Crippen LogP contribution in [0.2, 0.25) is 0 Å². The molecule has 0 fully saturated rings. The van der Waals surface area contributed by atoms with E-state index in [0.717, 1.165) is 4.47 Å². The number of benzene rings is 12. The van der Waals surface area contributed by atoms with Crippen molar-refractivity contribution in [3.63, 3.8) is 0 Å². The topological polar surface area (TPSA) is 0 Å². The third-order valence-corrected chi connectivity index (χ3v) is 13.3. The number of hydrogen-bond donors (Lipinski definition) is 0. The van der Waals surface area contributed by atoms with E-state index in [4.69, 9.17) is 0 Å². The van der Waals surface area contributed by atoms with E-state index in [9.17, 15) is 0 Å². The van der Waals surface area contributed by atoms with Crippen molar-refractivity contribution in [3.8, 4) is 33.4 Å². The standard InChI is InChI=1S/C57H35Br/c1-34-24-25-49(40-17-7-6-14-37(34)40)56-38-15-4-2-12-35(38)32-53-43-22-10-20-41(46(43)26-28-51(53)56)42-21-11-23-44-47(42)27-29-52-54(44)33-36-13-3-5-16-39(36)57(52)50-30-31-55(58)48-19-9-8-18-45(48)50/h2-33H,1H3. The van der Waals surface area contributed by atoms with Gasteiger partial charge in [-0.15, -0.1) is 0 Å². The number of fused-ring (bicyclic) bond motifs is 10. The van der Waals surface area contributed by atoms with Gasteiger partial charge in [-0.3, -0.25) is 0 Å². The zero-order valence-corrected chi connectivity index (χ0v) is 33.4. The first kappa shape index (κ1) is 33.4. The molecule has 0 radical (unpaired) electrons. The predicted octanol–water partition coefficient (Wildman–Crippen LogP) is 17.0. The van der Waals surface area contributed by atoms with Crippen LogP contribution in [0.4, 0.5) is 0 Å². The molecule has 0 saturated carbocycles. The van der Waals surface area contributed by atoms with Gasteiger partial charge in [0.1, 0.15) is 0 Å². The van der Waals surface area contributed by atoms with Crippen LogP contribution in [0, 0.1) is 6.92 Å². The second-order valence-electron chi connectivity index (χ2n) is 15.7. The Labute approximate surface area is 344 Å². The SMILES string of the molecule is Cc1ccc(-c2c3ccccc3cc3c2ccc2c(-c4cccc5c4ccc4c(-c6ccc(Br)c7ccccc67)c6ccccc6cc45)cccc23)c2ccccc12. The maximum absolute atomic E-state index is 3.83. The lowest BCUT2D eigenvalue weighted by atomic mass is 9.85. The largest absolute Gasteiger partial charge is 0.0616 e. The second-order valence-corrected chi connectivity index (χ2v) is 16.5.